The van der Waals surface area contributed by atoms with Crippen LogP contribution in [0.4, 0.5) is 5.69 Å². The highest BCUT2D eigenvalue weighted by Gasteiger charge is 2.26. The van der Waals surface area contributed by atoms with Gasteiger partial charge < -0.3 is 9.80 Å². The molecule has 0 aromatic heterocycles. The van der Waals surface area contributed by atoms with Gasteiger partial charge in [-0.3, -0.25) is 4.79 Å². The molecular weight excluding hydrogens is 328 g/mol. The molecule has 1 saturated heterocycles. The maximum Gasteiger partial charge on any atom is 0.235 e. The first-order chi connectivity index (χ1) is 12.1. The van der Waals surface area contributed by atoms with Gasteiger partial charge in [0.2, 0.25) is 5.91 Å². The zero-order chi connectivity index (χ0) is 17.6. The minimum atomic E-state index is -0.0153. The van der Waals surface area contributed by atoms with Crippen LogP contribution in [0.2, 0.25) is 0 Å². The van der Waals surface area contributed by atoms with Crippen LogP contribution in [-0.4, -0.2) is 42.2 Å². The Bertz CT molecular complexity index is 669. The zero-order valence-corrected chi connectivity index (χ0v) is 15.8. The second-order valence-electron chi connectivity index (χ2n) is 6.48. The quantitative estimate of drug-likeness (QED) is 0.803. The standard InChI is InChI=1S/C21H26N2OS/c1-17(19-9-5-3-6-10-19)25-18(2)21(24)23-15-13-22(14-16-23)20-11-7-4-8-12-20/h3-12,17-18H,13-16H2,1-2H3. The highest BCUT2D eigenvalue weighted by molar-refractivity contribution is 8.00. The molecule has 0 N–H and O–H groups in total. The zero-order valence-electron chi connectivity index (χ0n) is 15.0. The molecule has 4 heteroatoms. The summed E-state index contributed by atoms with van der Waals surface area (Å²) in [5.41, 5.74) is 2.52. The van der Waals surface area contributed by atoms with Crippen molar-refractivity contribution in [3.8, 4) is 0 Å². The molecule has 3 rings (SSSR count). The first kappa shape index (κ1) is 17.9. The van der Waals surface area contributed by atoms with E-state index in [-0.39, 0.29) is 11.2 Å². The molecule has 0 bridgehead atoms. The lowest BCUT2D eigenvalue weighted by Gasteiger charge is -2.37. The van der Waals surface area contributed by atoms with E-state index in [1.165, 1.54) is 11.3 Å². The highest BCUT2D eigenvalue weighted by atomic mass is 32.2. The summed E-state index contributed by atoms with van der Waals surface area (Å²) in [6.45, 7) is 7.63. The molecule has 0 saturated carbocycles. The number of rotatable bonds is 5. The summed E-state index contributed by atoms with van der Waals surface area (Å²) in [5.74, 6) is 0.264. The summed E-state index contributed by atoms with van der Waals surface area (Å²) < 4.78 is 0. The van der Waals surface area contributed by atoms with Gasteiger partial charge in [-0.15, -0.1) is 11.8 Å². The fraction of sp³-hybridized carbons (Fsp3) is 0.381. The Balaban J connectivity index is 1.52. The highest BCUT2D eigenvalue weighted by Crippen LogP contribution is 2.32. The summed E-state index contributed by atoms with van der Waals surface area (Å²) in [6, 6.07) is 20.9. The largest absolute Gasteiger partial charge is 0.368 e. The molecule has 132 valence electrons. The van der Waals surface area contributed by atoms with Gasteiger partial charge in [0.1, 0.15) is 0 Å². The minimum absolute atomic E-state index is 0.0153. The van der Waals surface area contributed by atoms with E-state index in [1.807, 2.05) is 24.0 Å². The smallest absolute Gasteiger partial charge is 0.235 e. The summed E-state index contributed by atoms with van der Waals surface area (Å²) >= 11 is 1.75. The van der Waals surface area contributed by atoms with Crippen LogP contribution in [-0.2, 0) is 4.79 Å². The molecule has 1 aliphatic rings. The van der Waals surface area contributed by atoms with Crippen molar-refractivity contribution in [2.24, 2.45) is 0 Å². The van der Waals surface area contributed by atoms with Crippen molar-refractivity contribution >= 4 is 23.4 Å². The van der Waals surface area contributed by atoms with Crippen LogP contribution < -0.4 is 4.90 Å². The molecule has 2 aromatic rings. The molecule has 25 heavy (non-hydrogen) atoms. The average Bonchev–Trinajstić information content (AvgIpc) is 2.69. The van der Waals surface area contributed by atoms with E-state index in [9.17, 15) is 4.79 Å². The number of anilines is 1. The molecular formula is C21H26N2OS. The molecule has 1 fully saturated rings. The van der Waals surface area contributed by atoms with Gasteiger partial charge >= 0.3 is 0 Å². The summed E-state index contributed by atoms with van der Waals surface area (Å²) in [7, 11) is 0. The number of hydrogen-bond acceptors (Lipinski definition) is 3. The van der Waals surface area contributed by atoms with Crippen molar-refractivity contribution in [3.05, 3.63) is 66.2 Å². The van der Waals surface area contributed by atoms with Gasteiger partial charge in [-0.2, -0.15) is 0 Å². The molecule has 1 amide bonds. The van der Waals surface area contributed by atoms with E-state index in [0.29, 0.717) is 5.25 Å². The van der Waals surface area contributed by atoms with Gasteiger partial charge in [-0.1, -0.05) is 48.5 Å². The third-order valence-electron chi connectivity index (χ3n) is 4.74. The number of nitrogens with zero attached hydrogens (tertiary/aromatic N) is 2. The molecule has 0 radical (unpaired) electrons. The Labute approximate surface area is 155 Å². The number of thioether (sulfide) groups is 1. The van der Waals surface area contributed by atoms with E-state index >= 15 is 0 Å². The number of hydrogen-bond donors (Lipinski definition) is 0. The van der Waals surface area contributed by atoms with E-state index in [0.717, 1.165) is 26.2 Å². The Morgan fingerprint density at radius 3 is 2.04 bits per heavy atom. The number of piperazine rings is 1. The Morgan fingerprint density at radius 2 is 1.44 bits per heavy atom. The van der Waals surface area contributed by atoms with Crippen LogP contribution in [0.25, 0.3) is 0 Å². The average molecular weight is 355 g/mol. The maximum absolute atomic E-state index is 12.8. The van der Waals surface area contributed by atoms with E-state index in [1.54, 1.807) is 11.8 Å². The molecule has 3 nitrogen and oxygen atoms in total. The van der Waals surface area contributed by atoms with Crippen LogP contribution in [0.5, 0.6) is 0 Å². The predicted octanol–water partition coefficient (Wildman–Crippen LogP) is 4.22. The van der Waals surface area contributed by atoms with Crippen molar-refractivity contribution in [1.29, 1.82) is 0 Å². The Kier molecular flexibility index (Phi) is 6.03. The third-order valence-corrected chi connectivity index (χ3v) is 6.03. The first-order valence-corrected chi connectivity index (χ1v) is 9.88. The van der Waals surface area contributed by atoms with E-state index in [2.05, 4.69) is 60.4 Å². The van der Waals surface area contributed by atoms with Crippen LogP contribution in [0.1, 0.15) is 24.7 Å². The normalized spacial score (nSPS) is 17.2. The predicted molar refractivity (Wildman–Crippen MR) is 107 cm³/mol. The van der Waals surface area contributed by atoms with Crippen molar-refractivity contribution in [2.45, 2.75) is 24.3 Å². The van der Waals surface area contributed by atoms with Crippen molar-refractivity contribution in [1.82, 2.24) is 4.90 Å². The number of amides is 1. The van der Waals surface area contributed by atoms with E-state index in [4.69, 9.17) is 0 Å². The van der Waals surface area contributed by atoms with Crippen LogP contribution in [0.3, 0.4) is 0 Å². The van der Waals surface area contributed by atoms with Crippen molar-refractivity contribution < 1.29 is 4.79 Å². The topological polar surface area (TPSA) is 23.6 Å². The summed E-state index contributed by atoms with van der Waals surface area (Å²) in [4.78, 5) is 17.2. The monoisotopic (exact) mass is 354 g/mol. The fourth-order valence-corrected chi connectivity index (χ4v) is 4.44. The van der Waals surface area contributed by atoms with Crippen molar-refractivity contribution in [3.63, 3.8) is 0 Å². The molecule has 2 atom stereocenters. The SMILES string of the molecule is CC(SC(C)c1ccccc1)C(=O)N1CCN(c2ccccc2)CC1. The molecule has 1 heterocycles. The van der Waals surface area contributed by atoms with Gasteiger partial charge in [0.25, 0.3) is 0 Å². The lowest BCUT2D eigenvalue weighted by Crippen LogP contribution is -2.50. The van der Waals surface area contributed by atoms with Gasteiger partial charge in [0.05, 0.1) is 5.25 Å². The van der Waals surface area contributed by atoms with E-state index < -0.39 is 0 Å². The number of benzene rings is 2. The first-order valence-electron chi connectivity index (χ1n) is 8.94. The number of carbonyl (C=O) groups is 1. The lowest BCUT2D eigenvalue weighted by atomic mass is 10.2. The molecule has 2 unspecified atom stereocenters. The Morgan fingerprint density at radius 1 is 0.880 bits per heavy atom. The van der Waals surface area contributed by atoms with Gasteiger partial charge in [-0.05, 0) is 31.5 Å². The third kappa shape index (κ3) is 4.57. The van der Waals surface area contributed by atoms with Crippen molar-refractivity contribution in [2.75, 3.05) is 31.1 Å². The van der Waals surface area contributed by atoms with Crippen LogP contribution in [0.15, 0.2) is 60.7 Å². The van der Waals surface area contributed by atoms with Gasteiger partial charge in [0.15, 0.2) is 0 Å². The second-order valence-corrected chi connectivity index (χ2v) is 8.17. The Hall–Kier alpha value is -1.94. The van der Waals surface area contributed by atoms with Crippen LogP contribution in [0, 0.1) is 0 Å². The number of carbonyl (C=O) groups excluding carboxylic acids is 1. The molecule has 1 aliphatic heterocycles. The summed E-state index contributed by atoms with van der Waals surface area (Å²) in [5, 5.41) is 0.309. The van der Waals surface area contributed by atoms with Gasteiger partial charge in [-0.25, -0.2) is 0 Å². The second kappa shape index (κ2) is 8.43. The molecule has 2 aromatic carbocycles. The molecule has 0 aliphatic carbocycles. The van der Waals surface area contributed by atoms with Gasteiger partial charge in [0, 0.05) is 37.1 Å². The summed E-state index contributed by atoms with van der Waals surface area (Å²) in [6.07, 6.45) is 0. The fourth-order valence-electron chi connectivity index (χ4n) is 3.25. The molecule has 0 spiro atoms. The van der Waals surface area contributed by atoms with Crippen LogP contribution >= 0.6 is 11.8 Å². The maximum atomic E-state index is 12.8. The lowest BCUT2D eigenvalue weighted by molar-refractivity contribution is -0.130. The number of para-hydroxylation sites is 1. The minimum Gasteiger partial charge on any atom is -0.368 e.